The van der Waals surface area contributed by atoms with Gasteiger partial charge >= 0.3 is 6.18 Å². The van der Waals surface area contributed by atoms with Crippen LogP contribution in [-0.4, -0.2) is 38.6 Å². The minimum atomic E-state index is -5.10. The first-order valence-electron chi connectivity index (χ1n) is 7.10. The molecule has 0 unspecified atom stereocenters. The van der Waals surface area contributed by atoms with Crippen molar-refractivity contribution in [2.24, 2.45) is 5.10 Å². The summed E-state index contributed by atoms with van der Waals surface area (Å²) in [6, 6.07) is 9.85. The Kier molecular flexibility index (Phi) is 4.26. The highest BCUT2D eigenvalue weighted by atomic mass is 35.5. The summed E-state index contributed by atoms with van der Waals surface area (Å²) in [6.45, 7) is 0. The first-order chi connectivity index (χ1) is 11.7. The first-order valence-corrected chi connectivity index (χ1v) is 7.48. The van der Waals surface area contributed by atoms with Gasteiger partial charge in [-0.2, -0.15) is 23.3 Å². The highest BCUT2D eigenvalue weighted by molar-refractivity contribution is 6.30. The maximum atomic E-state index is 13.5. The van der Waals surface area contributed by atoms with E-state index in [9.17, 15) is 23.1 Å². The summed E-state index contributed by atoms with van der Waals surface area (Å²) in [5, 5.41) is 14.3. The van der Waals surface area contributed by atoms with Crippen LogP contribution in [0.25, 0.3) is 0 Å². The molecule has 25 heavy (non-hydrogen) atoms. The standard InChI is InChI=1S/C16H11ClF3N3O2/c17-11-6-4-10(5-7-11)14(24)23-15(25,16(18,19)20)9-13(22-23)12-3-1-2-8-21-12/h1-8,25H,9H2/t15-/m0/s1. The second-order valence-electron chi connectivity index (χ2n) is 5.38. The Bertz CT molecular complexity index is 825. The van der Waals surface area contributed by atoms with Crippen LogP contribution >= 0.6 is 11.6 Å². The zero-order chi connectivity index (χ0) is 18.2. The number of carbonyl (C=O) groups excluding carboxylic acids is 1. The molecule has 1 amide bonds. The SMILES string of the molecule is O=C(c1ccc(Cl)cc1)N1N=C(c2ccccn2)C[C@]1(O)C(F)(F)F. The molecule has 5 nitrogen and oxygen atoms in total. The van der Waals surface area contributed by atoms with Crippen LogP contribution in [0.5, 0.6) is 0 Å². The average molecular weight is 370 g/mol. The van der Waals surface area contributed by atoms with Crippen molar-refractivity contribution in [1.29, 1.82) is 0 Å². The maximum Gasteiger partial charge on any atom is 0.438 e. The number of amides is 1. The predicted molar refractivity (Wildman–Crippen MR) is 84.0 cm³/mol. The fourth-order valence-electron chi connectivity index (χ4n) is 2.37. The molecular weight excluding hydrogens is 359 g/mol. The molecule has 3 rings (SSSR count). The minimum absolute atomic E-state index is 0.0558. The second-order valence-corrected chi connectivity index (χ2v) is 5.81. The lowest BCUT2D eigenvalue weighted by Gasteiger charge is -2.32. The zero-order valence-electron chi connectivity index (χ0n) is 12.5. The van der Waals surface area contributed by atoms with Crippen LogP contribution in [0.3, 0.4) is 0 Å². The number of benzene rings is 1. The summed E-state index contributed by atoms with van der Waals surface area (Å²) in [5.74, 6) is -1.09. The third-order valence-corrected chi connectivity index (χ3v) is 3.94. The van der Waals surface area contributed by atoms with Gasteiger partial charge in [0.2, 0.25) is 0 Å². The number of pyridine rings is 1. The molecule has 0 saturated heterocycles. The smallest absolute Gasteiger partial charge is 0.362 e. The van der Waals surface area contributed by atoms with E-state index >= 15 is 0 Å². The van der Waals surface area contributed by atoms with Crippen LogP contribution in [0.4, 0.5) is 13.2 Å². The van der Waals surface area contributed by atoms with E-state index in [1.54, 1.807) is 12.1 Å². The second kappa shape index (κ2) is 6.12. The molecule has 0 spiro atoms. The quantitative estimate of drug-likeness (QED) is 0.883. The van der Waals surface area contributed by atoms with Gasteiger partial charge in [0.15, 0.2) is 0 Å². The van der Waals surface area contributed by atoms with E-state index in [-0.39, 0.29) is 22.0 Å². The summed E-state index contributed by atoms with van der Waals surface area (Å²) in [7, 11) is 0. The molecule has 2 aromatic rings. The number of rotatable bonds is 2. The monoisotopic (exact) mass is 369 g/mol. The first kappa shape index (κ1) is 17.4. The molecule has 1 aliphatic heterocycles. The molecule has 0 saturated carbocycles. The van der Waals surface area contributed by atoms with Crippen LogP contribution in [0.2, 0.25) is 5.02 Å². The Labute approximate surface area is 145 Å². The molecule has 9 heteroatoms. The molecule has 1 atom stereocenters. The summed E-state index contributed by atoms with van der Waals surface area (Å²) in [6.07, 6.45) is -4.63. The van der Waals surface area contributed by atoms with Gasteiger partial charge in [-0.15, -0.1) is 0 Å². The number of hydrogen-bond donors (Lipinski definition) is 1. The Morgan fingerprint density at radius 3 is 2.44 bits per heavy atom. The normalized spacial score (nSPS) is 20.5. The van der Waals surface area contributed by atoms with Gasteiger partial charge in [0.1, 0.15) is 0 Å². The number of alkyl halides is 3. The van der Waals surface area contributed by atoms with Gasteiger partial charge in [-0.05, 0) is 36.4 Å². The number of hydrazone groups is 1. The highest BCUT2D eigenvalue weighted by Gasteiger charge is 2.63. The zero-order valence-corrected chi connectivity index (χ0v) is 13.3. The van der Waals surface area contributed by atoms with Crippen LogP contribution in [0.15, 0.2) is 53.8 Å². The van der Waals surface area contributed by atoms with Gasteiger partial charge in [0.25, 0.3) is 11.6 Å². The van der Waals surface area contributed by atoms with Crippen molar-refractivity contribution in [3.63, 3.8) is 0 Å². The fraction of sp³-hybridized carbons (Fsp3) is 0.188. The Hall–Kier alpha value is -2.45. The molecule has 130 valence electrons. The summed E-state index contributed by atoms with van der Waals surface area (Å²) in [4.78, 5) is 16.4. The van der Waals surface area contributed by atoms with Crippen molar-refractivity contribution in [3.8, 4) is 0 Å². The lowest BCUT2D eigenvalue weighted by atomic mass is 10.0. The summed E-state index contributed by atoms with van der Waals surface area (Å²) in [5.41, 5.74) is -3.52. The average Bonchev–Trinajstić information content (AvgIpc) is 2.95. The van der Waals surface area contributed by atoms with Crippen molar-refractivity contribution in [1.82, 2.24) is 9.99 Å². The van der Waals surface area contributed by atoms with Gasteiger partial charge in [-0.3, -0.25) is 9.78 Å². The molecule has 1 aliphatic rings. The molecule has 1 aromatic carbocycles. The van der Waals surface area contributed by atoms with Gasteiger partial charge < -0.3 is 5.11 Å². The van der Waals surface area contributed by atoms with E-state index in [0.717, 1.165) is 0 Å². The van der Waals surface area contributed by atoms with Crippen LogP contribution in [-0.2, 0) is 0 Å². The van der Waals surface area contributed by atoms with Gasteiger partial charge in [-0.1, -0.05) is 17.7 Å². The third kappa shape index (κ3) is 3.10. The summed E-state index contributed by atoms with van der Waals surface area (Å²) >= 11 is 5.72. The van der Waals surface area contributed by atoms with Crippen molar-refractivity contribution < 1.29 is 23.1 Å². The van der Waals surface area contributed by atoms with Crippen molar-refractivity contribution >= 4 is 23.2 Å². The fourth-order valence-corrected chi connectivity index (χ4v) is 2.50. The lowest BCUT2D eigenvalue weighted by molar-refractivity contribution is -0.297. The summed E-state index contributed by atoms with van der Waals surface area (Å²) < 4.78 is 40.4. The topological polar surface area (TPSA) is 65.8 Å². The van der Waals surface area contributed by atoms with Gasteiger partial charge in [-0.25, -0.2) is 0 Å². The number of halogens is 4. The van der Waals surface area contributed by atoms with E-state index in [1.807, 2.05) is 0 Å². The van der Waals surface area contributed by atoms with Crippen LogP contribution in [0, 0.1) is 0 Å². The van der Waals surface area contributed by atoms with Crippen LogP contribution < -0.4 is 0 Å². The Balaban J connectivity index is 2.04. The van der Waals surface area contributed by atoms with E-state index in [4.69, 9.17) is 11.6 Å². The van der Waals surface area contributed by atoms with E-state index < -0.39 is 24.2 Å². The maximum absolute atomic E-state index is 13.5. The van der Waals surface area contributed by atoms with E-state index in [0.29, 0.717) is 5.02 Å². The minimum Gasteiger partial charge on any atom is -0.362 e. The van der Waals surface area contributed by atoms with Crippen LogP contribution in [0.1, 0.15) is 22.5 Å². The number of hydrogen-bond acceptors (Lipinski definition) is 4. The van der Waals surface area contributed by atoms with Gasteiger partial charge in [0.05, 0.1) is 17.8 Å². The van der Waals surface area contributed by atoms with Crippen molar-refractivity contribution in [3.05, 3.63) is 64.9 Å². The van der Waals surface area contributed by atoms with E-state index in [1.165, 1.54) is 36.5 Å². The Morgan fingerprint density at radius 2 is 1.88 bits per heavy atom. The molecule has 0 fully saturated rings. The molecular formula is C16H11ClF3N3O2. The van der Waals surface area contributed by atoms with E-state index in [2.05, 4.69) is 10.1 Å². The molecule has 0 aliphatic carbocycles. The van der Waals surface area contributed by atoms with Gasteiger partial charge in [0, 0.05) is 16.8 Å². The third-order valence-electron chi connectivity index (χ3n) is 3.68. The Morgan fingerprint density at radius 1 is 1.20 bits per heavy atom. The molecule has 1 aromatic heterocycles. The molecule has 0 bridgehead atoms. The number of nitrogens with zero attached hydrogens (tertiary/aromatic N) is 3. The predicted octanol–water partition coefficient (Wildman–Crippen LogP) is 3.24. The molecule has 2 heterocycles. The number of aliphatic hydroxyl groups is 1. The van der Waals surface area contributed by atoms with Crippen molar-refractivity contribution in [2.45, 2.75) is 18.3 Å². The highest BCUT2D eigenvalue weighted by Crippen LogP contribution is 2.41. The lowest BCUT2D eigenvalue weighted by Crippen LogP contribution is -2.56. The number of carbonyl (C=O) groups is 1. The molecule has 0 radical (unpaired) electrons. The van der Waals surface area contributed by atoms with Crippen molar-refractivity contribution in [2.75, 3.05) is 0 Å². The molecule has 1 N–H and O–H groups in total. The number of aromatic nitrogens is 1. The largest absolute Gasteiger partial charge is 0.438 e.